The Labute approximate surface area is 195 Å². The Morgan fingerprint density at radius 2 is 1.94 bits per heavy atom. The highest BCUT2D eigenvalue weighted by Crippen LogP contribution is 2.25. The fourth-order valence-corrected chi connectivity index (χ4v) is 4.41. The van der Waals surface area contributed by atoms with E-state index >= 15 is 0 Å². The molecule has 1 aliphatic heterocycles. The van der Waals surface area contributed by atoms with Gasteiger partial charge in [0.1, 0.15) is 0 Å². The normalized spacial score (nSPS) is 14.6. The lowest BCUT2D eigenvalue weighted by molar-refractivity contribution is -0.111. The number of benzene rings is 2. The molecule has 0 bridgehead atoms. The van der Waals surface area contributed by atoms with E-state index in [1.807, 2.05) is 49.5 Å². The number of rotatable bonds is 7. The number of hydrogen-bond donors (Lipinski definition) is 1. The Morgan fingerprint density at radius 3 is 2.67 bits per heavy atom. The summed E-state index contributed by atoms with van der Waals surface area (Å²) in [5, 5.41) is 13.0. The summed E-state index contributed by atoms with van der Waals surface area (Å²) >= 11 is 0. The quantitative estimate of drug-likeness (QED) is 0.542. The molecule has 1 fully saturated rings. The smallest absolute Gasteiger partial charge is 0.248 e. The maximum Gasteiger partial charge on any atom is 0.248 e. The van der Waals surface area contributed by atoms with Crippen LogP contribution in [0.5, 0.6) is 0 Å². The first-order valence-electron chi connectivity index (χ1n) is 11.6. The number of para-hydroxylation sites is 1. The van der Waals surface area contributed by atoms with E-state index in [-0.39, 0.29) is 5.91 Å². The van der Waals surface area contributed by atoms with E-state index in [2.05, 4.69) is 44.8 Å². The molecule has 33 heavy (non-hydrogen) atoms. The number of carbonyl (C=O) groups is 1. The zero-order valence-electron chi connectivity index (χ0n) is 19.4. The number of nitrogens with zero attached hydrogens (tertiary/aromatic N) is 4. The predicted molar refractivity (Wildman–Crippen MR) is 135 cm³/mol. The first-order chi connectivity index (χ1) is 16.1. The molecule has 4 rings (SSSR count). The molecule has 1 aromatic heterocycles. The minimum atomic E-state index is -0.156. The third-order valence-corrected chi connectivity index (χ3v) is 6.35. The minimum absolute atomic E-state index is 0.156. The number of piperazine rings is 1. The van der Waals surface area contributed by atoms with Gasteiger partial charge in [-0.15, -0.1) is 0 Å². The monoisotopic (exact) mass is 441 g/mol. The lowest BCUT2D eigenvalue weighted by Gasteiger charge is -2.35. The number of fused-ring (bicyclic) bond motifs is 1. The molecule has 6 nitrogen and oxygen atoms in total. The molecular weight excluding hydrogens is 410 g/mol. The van der Waals surface area contributed by atoms with Crippen LogP contribution in [-0.2, 0) is 11.3 Å². The number of anilines is 2. The SMILES string of the molecule is CCN1CCN(c2ccc(NC(=O)/C=C/c3cn(CCC#N)c4ccccc34)c(C)c2)CC1. The number of nitrogens with one attached hydrogen (secondary N) is 1. The summed E-state index contributed by atoms with van der Waals surface area (Å²) in [6.07, 6.45) is 5.88. The van der Waals surface area contributed by atoms with Crippen molar-refractivity contribution in [3.63, 3.8) is 0 Å². The summed E-state index contributed by atoms with van der Waals surface area (Å²) in [4.78, 5) is 17.5. The van der Waals surface area contributed by atoms with Crippen LogP contribution in [0.3, 0.4) is 0 Å². The minimum Gasteiger partial charge on any atom is -0.369 e. The van der Waals surface area contributed by atoms with Gasteiger partial charge >= 0.3 is 0 Å². The topological polar surface area (TPSA) is 64.3 Å². The van der Waals surface area contributed by atoms with E-state index in [0.717, 1.165) is 60.4 Å². The number of hydrogen-bond acceptors (Lipinski definition) is 4. The van der Waals surface area contributed by atoms with Gasteiger partial charge in [-0.1, -0.05) is 25.1 Å². The average Bonchev–Trinajstić information content (AvgIpc) is 3.20. The summed E-state index contributed by atoms with van der Waals surface area (Å²) in [7, 11) is 0. The van der Waals surface area contributed by atoms with Crippen molar-refractivity contribution in [2.45, 2.75) is 26.8 Å². The van der Waals surface area contributed by atoms with E-state index in [9.17, 15) is 4.79 Å². The van der Waals surface area contributed by atoms with Crippen molar-refractivity contribution >= 4 is 34.3 Å². The van der Waals surface area contributed by atoms with Crippen LogP contribution >= 0.6 is 0 Å². The van der Waals surface area contributed by atoms with Crippen molar-refractivity contribution in [3.05, 3.63) is 65.9 Å². The van der Waals surface area contributed by atoms with Gasteiger partial charge in [-0.25, -0.2) is 0 Å². The molecule has 170 valence electrons. The van der Waals surface area contributed by atoms with Gasteiger partial charge in [0.25, 0.3) is 0 Å². The molecule has 0 atom stereocenters. The van der Waals surface area contributed by atoms with Gasteiger partial charge in [0.05, 0.1) is 12.5 Å². The van der Waals surface area contributed by atoms with E-state index in [1.54, 1.807) is 6.08 Å². The predicted octanol–water partition coefficient (Wildman–Crippen LogP) is 4.66. The second-order valence-corrected chi connectivity index (χ2v) is 8.45. The van der Waals surface area contributed by atoms with Crippen LogP contribution < -0.4 is 10.2 Å². The first-order valence-corrected chi connectivity index (χ1v) is 11.6. The molecule has 6 heteroatoms. The highest BCUT2D eigenvalue weighted by molar-refractivity contribution is 6.04. The van der Waals surface area contributed by atoms with Crippen LogP contribution in [0, 0.1) is 18.3 Å². The summed E-state index contributed by atoms with van der Waals surface area (Å²) in [5.74, 6) is -0.156. The number of nitriles is 1. The van der Waals surface area contributed by atoms with E-state index in [0.29, 0.717) is 13.0 Å². The molecule has 2 aromatic carbocycles. The van der Waals surface area contributed by atoms with Gasteiger partial charge in [-0.3, -0.25) is 4.79 Å². The Hall–Kier alpha value is -3.56. The summed E-state index contributed by atoms with van der Waals surface area (Å²) in [6.45, 7) is 10.2. The van der Waals surface area contributed by atoms with Gasteiger partial charge in [0, 0.05) is 72.8 Å². The second kappa shape index (κ2) is 10.4. The van der Waals surface area contributed by atoms with Crippen molar-refractivity contribution in [3.8, 4) is 6.07 Å². The molecule has 0 spiro atoms. The van der Waals surface area contributed by atoms with Gasteiger partial charge in [-0.05, 0) is 49.4 Å². The van der Waals surface area contributed by atoms with Gasteiger partial charge in [0.2, 0.25) is 5.91 Å². The van der Waals surface area contributed by atoms with Crippen molar-refractivity contribution in [1.29, 1.82) is 5.26 Å². The third-order valence-electron chi connectivity index (χ3n) is 6.35. The summed E-state index contributed by atoms with van der Waals surface area (Å²) < 4.78 is 2.07. The maximum absolute atomic E-state index is 12.6. The zero-order valence-corrected chi connectivity index (χ0v) is 19.4. The summed E-state index contributed by atoms with van der Waals surface area (Å²) in [6, 6.07) is 16.5. The highest BCUT2D eigenvalue weighted by atomic mass is 16.1. The molecule has 0 unspecified atom stereocenters. The number of amides is 1. The van der Waals surface area contributed by atoms with Gasteiger partial charge in [0.15, 0.2) is 0 Å². The largest absolute Gasteiger partial charge is 0.369 e. The first kappa shape index (κ1) is 22.6. The van der Waals surface area contributed by atoms with Crippen molar-refractivity contribution in [1.82, 2.24) is 9.47 Å². The fraction of sp³-hybridized carbons (Fsp3) is 0.333. The van der Waals surface area contributed by atoms with Crippen LogP contribution in [0.1, 0.15) is 24.5 Å². The van der Waals surface area contributed by atoms with E-state index in [1.165, 1.54) is 5.69 Å². The fourth-order valence-electron chi connectivity index (χ4n) is 4.41. The van der Waals surface area contributed by atoms with Crippen molar-refractivity contribution in [2.75, 3.05) is 42.9 Å². The molecule has 1 N–H and O–H groups in total. The van der Waals surface area contributed by atoms with Crippen LogP contribution in [0.25, 0.3) is 17.0 Å². The lowest BCUT2D eigenvalue weighted by atomic mass is 10.1. The van der Waals surface area contributed by atoms with Gasteiger partial charge < -0.3 is 19.7 Å². The number of carbonyl (C=O) groups excluding carboxylic acids is 1. The Balaban J connectivity index is 1.43. The van der Waals surface area contributed by atoms with Crippen LogP contribution in [-0.4, -0.2) is 48.1 Å². The van der Waals surface area contributed by atoms with E-state index in [4.69, 9.17) is 5.26 Å². The number of likely N-dealkylation sites (N-methyl/N-ethyl adjacent to an activating group) is 1. The van der Waals surface area contributed by atoms with Crippen LogP contribution in [0.4, 0.5) is 11.4 Å². The molecule has 0 saturated carbocycles. The van der Waals surface area contributed by atoms with Gasteiger partial charge in [-0.2, -0.15) is 5.26 Å². The molecule has 3 aromatic rings. The molecule has 1 saturated heterocycles. The summed E-state index contributed by atoms with van der Waals surface area (Å²) in [5.41, 5.74) is 5.13. The molecule has 0 radical (unpaired) electrons. The lowest BCUT2D eigenvalue weighted by Crippen LogP contribution is -2.46. The standard InChI is InChI=1S/C27H31N5O/c1-3-30-15-17-31(18-16-30)23-10-11-25(21(2)19-23)29-27(33)12-9-22-20-32(14-6-13-28)26-8-5-4-7-24(22)26/h4-5,7-12,19-20H,3,6,14-18H2,1-2H3,(H,29,33)/b12-9+. The molecule has 0 aliphatic carbocycles. The van der Waals surface area contributed by atoms with Crippen LogP contribution in [0.15, 0.2) is 54.7 Å². The molecular formula is C27H31N5O. The average molecular weight is 442 g/mol. The third kappa shape index (κ3) is 5.27. The van der Waals surface area contributed by atoms with E-state index < -0.39 is 0 Å². The highest BCUT2D eigenvalue weighted by Gasteiger charge is 2.16. The molecule has 1 amide bonds. The number of aryl methyl sites for hydroxylation is 2. The Kier molecular flexibility index (Phi) is 7.11. The second-order valence-electron chi connectivity index (χ2n) is 8.45. The van der Waals surface area contributed by atoms with Crippen molar-refractivity contribution in [2.24, 2.45) is 0 Å². The van der Waals surface area contributed by atoms with Crippen LogP contribution in [0.2, 0.25) is 0 Å². The maximum atomic E-state index is 12.6. The number of aromatic nitrogens is 1. The van der Waals surface area contributed by atoms with Crippen molar-refractivity contribution < 1.29 is 4.79 Å². The zero-order chi connectivity index (χ0) is 23.2. The molecule has 1 aliphatic rings. The molecule has 2 heterocycles. The Bertz CT molecular complexity index is 1190. The Morgan fingerprint density at radius 1 is 1.15 bits per heavy atom.